The average Bonchev–Trinajstić information content (AvgIpc) is 2.98. The van der Waals surface area contributed by atoms with Crippen molar-refractivity contribution >= 4 is 18.2 Å². The molecule has 5 rings (SSSR count). The summed E-state index contributed by atoms with van der Waals surface area (Å²) in [5.74, 6) is 1.79. The van der Waals surface area contributed by atoms with Gasteiger partial charge < -0.3 is 38.1 Å². The number of methoxy groups -OCH3 is 6. The number of ketones is 1. The summed E-state index contributed by atoms with van der Waals surface area (Å²) in [6.45, 7) is 3.73. The van der Waals surface area contributed by atoms with Crippen LogP contribution in [0.25, 0.3) is 0 Å². The normalized spacial score (nSPS) is 22.5. The molecule has 226 valence electrons. The zero-order chi connectivity index (χ0) is 30.6. The number of carbonyl (C=O) groups excluding carboxylic acids is 3. The number of ether oxygens (including phenoxy) is 7. The van der Waals surface area contributed by atoms with Crippen molar-refractivity contribution in [3.8, 4) is 34.5 Å². The maximum Gasteiger partial charge on any atom is 0.293 e. The predicted octanol–water partition coefficient (Wildman–Crippen LogP) is 2.57. The van der Waals surface area contributed by atoms with Crippen molar-refractivity contribution < 1.29 is 47.5 Å². The van der Waals surface area contributed by atoms with Crippen molar-refractivity contribution in [3.63, 3.8) is 0 Å². The minimum atomic E-state index is -1.04. The second-order valence-corrected chi connectivity index (χ2v) is 10.5. The van der Waals surface area contributed by atoms with Crippen LogP contribution < -0.4 is 28.4 Å². The Bertz CT molecular complexity index is 1470. The van der Waals surface area contributed by atoms with Crippen molar-refractivity contribution in [2.24, 2.45) is 0 Å². The van der Waals surface area contributed by atoms with Crippen LogP contribution in [-0.2, 0) is 20.7 Å². The summed E-state index contributed by atoms with van der Waals surface area (Å²) >= 11 is 0. The molecule has 1 saturated heterocycles. The number of rotatable bonds is 9. The van der Waals surface area contributed by atoms with Crippen molar-refractivity contribution in [1.82, 2.24) is 9.80 Å². The van der Waals surface area contributed by atoms with E-state index in [0.717, 1.165) is 11.1 Å². The van der Waals surface area contributed by atoms with Gasteiger partial charge >= 0.3 is 0 Å². The number of hydrogen-bond acceptors (Lipinski definition) is 11. The van der Waals surface area contributed by atoms with Gasteiger partial charge in [-0.15, -0.1) is 0 Å². The number of fused-ring (bicyclic) bond motifs is 7. The van der Waals surface area contributed by atoms with E-state index in [-0.39, 0.29) is 29.6 Å². The van der Waals surface area contributed by atoms with Crippen LogP contribution in [0.15, 0.2) is 0 Å². The van der Waals surface area contributed by atoms with Crippen molar-refractivity contribution in [2.75, 3.05) is 56.3 Å². The zero-order valence-electron chi connectivity index (χ0n) is 25.3. The molecule has 1 fully saturated rings. The van der Waals surface area contributed by atoms with Crippen LogP contribution in [0, 0.1) is 13.8 Å². The molecule has 2 bridgehead atoms. The van der Waals surface area contributed by atoms with Crippen LogP contribution in [-0.4, -0.2) is 96.4 Å². The largest absolute Gasteiger partial charge is 0.496 e. The molecule has 2 aromatic carbocycles. The molecule has 42 heavy (non-hydrogen) atoms. The summed E-state index contributed by atoms with van der Waals surface area (Å²) in [5, 5.41) is 0. The van der Waals surface area contributed by atoms with E-state index in [2.05, 4.69) is 0 Å². The molecule has 3 unspecified atom stereocenters. The summed E-state index contributed by atoms with van der Waals surface area (Å²) in [6, 6.07) is -3.21. The fourth-order valence-corrected chi connectivity index (χ4v) is 7.24. The highest BCUT2D eigenvalue weighted by atomic mass is 16.5. The molecular weight excluding hydrogens is 548 g/mol. The molecule has 0 aromatic heterocycles. The SMILES string of the molecule is COc1c(C)c(OC)c(OC)c2c1CC1C(=O)N3C(C(=O)c4c(OC)c(C)c(OC)c(OC)c4[C@@H]3COC=O)C2N1C. The van der Waals surface area contributed by atoms with Crippen LogP contribution in [0.5, 0.6) is 34.5 Å². The first kappa shape index (κ1) is 29.3. The Morgan fingerprint density at radius 3 is 1.79 bits per heavy atom. The average molecular weight is 585 g/mol. The molecule has 4 atom stereocenters. The molecule has 0 N–H and O–H groups in total. The van der Waals surface area contributed by atoms with Crippen molar-refractivity contribution in [1.29, 1.82) is 0 Å². The molecule has 3 aliphatic rings. The van der Waals surface area contributed by atoms with Gasteiger partial charge in [0.25, 0.3) is 6.47 Å². The van der Waals surface area contributed by atoms with Crippen LogP contribution in [0.1, 0.15) is 50.3 Å². The molecule has 2 aromatic rings. The number of benzene rings is 2. The van der Waals surface area contributed by atoms with E-state index in [0.29, 0.717) is 58.3 Å². The number of hydrogen-bond donors (Lipinski definition) is 0. The number of amides is 1. The summed E-state index contributed by atoms with van der Waals surface area (Å²) in [6.07, 6.45) is 0.300. The summed E-state index contributed by atoms with van der Waals surface area (Å²) in [4.78, 5) is 44.2. The predicted molar refractivity (Wildman–Crippen MR) is 149 cm³/mol. The number of piperazine rings is 1. The maximum absolute atomic E-state index is 14.8. The Morgan fingerprint density at radius 1 is 0.738 bits per heavy atom. The molecule has 0 spiro atoms. The topological polar surface area (TPSA) is 122 Å². The third-order valence-electron chi connectivity index (χ3n) is 8.85. The second kappa shape index (κ2) is 10.9. The maximum atomic E-state index is 14.8. The Balaban J connectivity index is 1.89. The molecule has 0 saturated carbocycles. The highest BCUT2D eigenvalue weighted by molar-refractivity contribution is 6.10. The molecule has 3 aliphatic heterocycles. The standard InChI is InChI=1S/C30H36N2O10/c1-13-24(36-4)15-10-16-30(35)32-17(11-42-12-33)19-20(25(37-5)14(2)27(39-7)29(19)41-9)23(34)22(32)21(31(16)3)18(15)28(40-8)26(13)38-6/h12,16-17,21-22H,10-11H2,1-9H3/t16?,17-,21?,22?/m0/s1. The summed E-state index contributed by atoms with van der Waals surface area (Å²) < 4.78 is 40.1. The van der Waals surface area contributed by atoms with Crippen molar-refractivity contribution in [3.05, 3.63) is 33.4 Å². The molecule has 0 radical (unpaired) electrons. The molecule has 12 heteroatoms. The van der Waals surface area contributed by atoms with E-state index < -0.39 is 24.2 Å². The Labute approximate surface area is 244 Å². The number of nitrogens with zero attached hydrogens (tertiary/aromatic N) is 2. The van der Waals surface area contributed by atoms with Gasteiger partial charge in [0.05, 0.1) is 66.3 Å². The zero-order valence-corrected chi connectivity index (χ0v) is 25.3. The van der Waals surface area contributed by atoms with Gasteiger partial charge in [-0.1, -0.05) is 0 Å². The first-order valence-corrected chi connectivity index (χ1v) is 13.5. The highest BCUT2D eigenvalue weighted by Crippen LogP contribution is 2.58. The lowest BCUT2D eigenvalue weighted by molar-refractivity contribution is -0.157. The fourth-order valence-electron chi connectivity index (χ4n) is 7.24. The Kier molecular flexibility index (Phi) is 7.61. The molecule has 1 amide bonds. The number of likely N-dealkylation sites (N-methyl/N-ethyl adjacent to an activating group) is 1. The first-order chi connectivity index (χ1) is 20.2. The fraction of sp³-hybridized carbons (Fsp3) is 0.500. The second-order valence-electron chi connectivity index (χ2n) is 10.5. The molecule has 0 aliphatic carbocycles. The van der Waals surface area contributed by atoms with E-state index in [1.807, 2.05) is 18.9 Å². The molecular formula is C30H36N2O10. The third kappa shape index (κ3) is 3.73. The van der Waals surface area contributed by atoms with Gasteiger partial charge in [-0.2, -0.15) is 0 Å². The lowest BCUT2D eigenvalue weighted by Gasteiger charge is -2.56. The van der Waals surface area contributed by atoms with E-state index in [1.165, 1.54) is 26.2 Å². The first-order valence-electron chi connectivity index (χ1n) is 13.5. The smallest absolute Gasteiger partial charge is 0.293 e. The van der Waals surface area contributed by atoms with E-state index in [4.69, 9.17) is 33.2 Å². The summed E-state index contributed by atoms with van der Waals surface area (Å²) in [5.41, 5.74) is 3.37. The monoisotopic (exact) mass is 584 g/mol. The highest BCUT2D eigenvalue weighted by Gasteiger charge is 2.60. The minimum absolute atomic E-state index is 0.217. The van der Waals surface area contributed by atoms with Crippen molar-refractivity contribution in [2.45, 2.75) is 44.4 Å². The van der Waals surface area contributed by atoms with Crippen LogP contribution in [0.4, 0.5) is 0 Å². The molecule has 3 heterocycles. The van der Waals surface area contributed by atoms with Crippen LogP contribution >= 0.6 is 0 Å². The van der Waals surface area contributed by atoms with Gasteiger partial charge in [-0.3, -0.25) is 19.3 Å². The van der Waals surface area contributed by atoms with Gasteiger partial charge in [0.15, 0.2) is 28.8 Å². The Morgan fingerprint density at radius 2 is 1.26 bits per heavy atom. The van der Waals surface area contributed by atoms with E-state index in [1.54, 1.807) is 28.3 Å². The van der Waals surface area contributed by atoms with Gasteiger partial charge in [0.1, 0.15) is 24.1 Å². The number of carbonyl (C=O) groups is 3. The van der Waals surface area contributed by atoms with Gasteiger partial charge in [0.2, 0.25) is 5.91 Å². The summed E-state index contributed by atoms with van der Waals surface area (Å²) in [7, 11) is 10.9. The quantitative estimate of drug-likeness (QED) is 0.404. The lowest BCUT2D eigenvalue weighted by atomic mass is 9.72. The minimum Gasteiger partial charge on any atom is -0.496 e. The van der Waals surface area contributed by atoms with Crippen LogP contribution in [0.3, 0.4) is 0 Å². The van der Waals surface area contributed by atoms with E-state index >= 15 is 0 Å². The van der Waals surface area contributed by atoms with Gasteiger partial charge in [-0.25, -0.2) is 0 Å². The molecule has 12 nitrogen and oxygen atoms in total. The Hall–Kier alpha value is -4.19. The van der Waals surface area contributed by atoms with Gasteiger partial charge in [0, 0.05) is 34.2 Å². The van der Waals surface area contributed by atoms with Gasteiger partial charge in [-0.05, 0) is 20.9 Å². The van der Waals surface area contributed by atoms with Crippen LogP contribution in [0.2, 0.25) is 0 Å². The van der Waals surface area contributed by atoms with E-state index in [9.17, 15) is 14.4 Å². The lowest BCUT2D eigenvalue weighted by Crippen LogP contribution is -2.68. The number of Topliss-reactive ketones (excluding diaryl/α,β-unsaturated/α-hetero) is 1. The third-order valence-corrected chi connectivity index (χ3v) is 8.85.